The van der Waals surface area contributed by atoms with E-state index in [4.69, 9.17) is 4.74 Å². The van der Waals surface area contributed by atoms with Crippen LogP contribution in [0.3, 0.4) is 0 Å². The third-order valence-corrected chi connectivity index (χ3v) is 7.67. The maximum atomic E-state index is 13.7. The average Bonchev–Trinajstić information content (AvgIpc) is 3.48. The molecule has 6 nitrogen and oxygen atoms in total. The molecule has 43 heavy (non-hydrogen) atoms. The van der Waals surface area contributed by atoms with Gasteiger partial charge in [0.15, 0.2) is 0 Å². The van der Waals surface area contributed by atoms with E-state index in [-0.39, 0.29) is 32.2 Å². The molecule has 0 atom stereocenters. The van der Waals surface area contributed by atoms with Crippen LogP contribution in [0.1, 0.15) is 31.9 Å². The van der Waals surface area contributed by atoms with E-state index >= 15 is 0 Å². The minimum Gasteiger partial charge on any atom is -0.379 e. The Kier molecular flexibility index (Phi) is 10.5. The van der Waals surface area contributed by atoms with Gasteiger partial charge in [-0.2, -0.15) is 26.3 Å². The van der Waals surface area contributed by atoms with Gasteiger partial charge in [0.25, 0.3) is 5.91 Å². The fourth-order valence-corrected chi connectivity index (χ4v) is 5.22. The number of benzene rings is 2. The van der Waals surface area contributed by atoms with Gasteiger partial charge in [-0.15, -0.1) is 11.3 Å². The van der Waals surface area contributed by atoms with Crippen molar-refractivity contribution in [1.82, 2.24) is 14.7 Å². The minimum absolute atomic E-state index is 0.0320. The number of amides is 2. The highest BCUT2D eigenvalue weighted by atomic mass is 32.1. The highest BCUT2D eigenvalue weighted by Crippen LogP contribution is 2.36. The Morgan fingerprint density at radius 3 is 2.05 bits per heavy atom. The molecule has 0 bridgehead atoms. The smallest absolute Gasteiger partial charge is 0.379 e. The average molecular weight is 632 g/mol. The van der Waals surface area contributed by atoms with Crippen LogP contribution in [0, 0.1) is 5.82 Å². The predicted octanol–water partition coefficient (Wildman–Crippen LogP) is 5.93. The molecule has 232 valence electrons. The number of alkyl halides is 6. The lowest BCUT2D eigenvalue weighted by molar-refractivity contribution is -0.143. The van der Waals surface area contributed by atoms with Gasteiger partial charge >= 0.3 is 12.4 Å². The number of carbonyl (C=O) groups is 2. The first-order chi connectivity index (χ1) is 20.3. The first-order valence-electron chi connectivity index (χ1n) is 13.2. The molecule has 3 aromatic rings. The number of nitrogens with zero attached hydrogens (tertiary/aromatic N) is 3. The van der Waals surface area contributed by atoms with E-state index in [1.807, 2.05) is 4.90 Å². The Labute approximate surface area is 247 Å². The van der Waals surface area contributed by atoms with Crippen molar-refractivity contribution in [2.45, 2.75) is 25.4 Å². The molecule has 1 fully saturated rings. The standard InChI is InChI=1S/C29H28F7N3O3S/c30-24-5-3-20(4-6-24)17-39(18-25-2-1-13-43-25)26(40)19-38(8-7-37-9-11-42-12-10-37)27(41)21-14-22(28(31,32)33)16-23(15-21)29(34,35)36/h1-6,13-16H,7-12,17-19H2. The fraction of sp³-hybridized carbons (Fsp3) is 0.379. The van der Waals surface area contributed by atoms with Gasteiger partial charge < -0.3 is 14.5 Å². The molecule has 0 unspecified atom stereocenters. The van der Waals surface area contributed by atoms with Crippen molar-refractivity contribution in [2.75, 3.05) is 45.9 Å². The molecule has 2 heterocycles. The van der Waals surface area contributed by atoms with Gasteiger partial charge in [0, 0.05) is 43.2 Å². The SMILES string of the molecule is O=C(CN(CCN1CCOCC1)C(=O)c1cc(C(F)(F)F)cc(C(F)(F)F)c1)N(Cc1ccc(F)cc1)Cc1cccs1. The number of morpholine rings is 1. The zero-order valence-electron chi connectivity index (χ0n) is 22.8. The van der Waals surface area contributed by atoms with Gasteiger partial charge in [-0.3, -0.25) is 14.5 Å². The van der Waals surface area contributed by atoms with Crippen molar-refractivity contribution in [3.8, 4) is 0 Å². The Bertz CT molecular complexity index is 1340. The van der Waals surface area contributed by atoms with E-state index in [1.54, 1.807) is 17.5 Å². The second-order valence-electron chi connectivity index (χ2n) is 9.93. The maximum absolute atomic E-state index is 13.7. The molecular formula is C29H28F7N3O3S. The number of ether oxygens (including phenoxy) is 1. The minimum atomic E-state index is -5.14. The van der Waals surface area contributed by atoms with Gasteiger partial charge in [0.1, 0.15) is 12.4 Å². The molecule has 4 rings (SSSR count). The van der Waals surface area contributed by atoms with Crippen LogP contribution < -0.4 is 0 Å². The maximum Gasteiger partial charge on any atom is 0.416 e. The number of hydrogen-bond donors (Lipinski definition) is 0. The molecule has 0 aliphatic carbocycles. The Hall–Kier alpha value is -3.49. The summed E-state index contributed by atoms with van der Waals surface area (Å²) in [6.07, 6.45) is -10.3. The molecule has 1 saturated heterocycles. The lowest BCUT2D eigenvalue weighted by atomic mass is 10.0. The molecule has 14 heteroatoms. The summed E-state index contributed by atoms with van der Waals surface area (Å²) in [7, 11) is 0. The summed E-state index contributed by atoms with van der Waals surface area (Å²) in [5, 5.41) is 1.81. The van der Waals surface area contributed by atoms with E-state index in [9.17, 15) is 40.3 Å². The highest BCUT2D eigenvalue weighted by molar-refractivity contribution is 7.09. The molecule has 1 aliphatic heterocycles. The molecule has 0 saturated carbocycles. The van der Waals surface area contributed by atoms with Crippen LogP contribution in [0.2, 0.25) is 0 Å². The van der Waals surface area contributed by atoms with Crippen molar-refractivity contribution in [1.29, 1.82) is 0 Å². The van der Waals surface area contributed by atoms with E-state index in [1.165, 1.54) is 40.5 Å². The molecule has 0 spiro atoms. The van der Waals surface area contributed by atoms with Crippen LogP contribution in [-0.2, 0) is 35.0 Å². The molecule has 2 aromatic carbocycles. The van der Waals surface area contributed by atoms with Gasteiger partial charge in [-0.25, -0.2) is 4.39 Å². The van der Waals surface area contributed by atoms with Gasteiger partial charge in [-0.1, -0.05) is 18.2 Å². The Balaban J connectivity index is 1.64. The summed E-state index contributed by atoms with van der Waals surface area (Å²) in [6.45, 7) is 1.49. The largest absolute Gasteiger partial charge is 0.416 e. The summed E-state index contributed by atoms with van der Waals surface area (Å²) < 4.78 is 99.9. The first kappa shape index (κ1) is 32.4. The van der Waals surface area contributed by atoms with Crippen LogP contribution in [0.15, 0.2) is 60.0 Å². The van der Waals surface area contributed by atoms with Gasteiger partial charge in [0.05, 0.1) is 30.9 Å². The van der Waals surface area contributed by atoms with Gasteiger partial charge in [-0.05, 0) is 47.3 Å². The van der Waals surface area contributed by atoms with Crippen LogP contribution in [-0.4, -0.2) is 72.5 Å². The van der Waals surface area contributed by atoms with E-state index in [2.05, 4.69) is 0 Å². The Morgan fingerprint density at radius 2 is 1.49 bits per heavy atom. The van der Waals surface area contributed by atoms with E-state index in [0.29, 0.717) is 44.0 Å². The number of hydrogen-bond acceptors (Lipinski definition) is 5. The normalized spacial score (nSPS) is 14.5. The number of thiophene rings is 1. The molecule has 1 aliphatic rings. The Morgan fingerprint density at radius 1 is 0.860 bits per heavy atom. The summed E-state index contributed by atoms with van der Waals surface area (Å²) >= 11 is 1.37. The van der Waals surface area contributed by atoms with E-state index < -0.39 is 53.2 Å². The van der Waals surface area contributed by atoms with Crippen molar-refractivity contribution in [2.24, 2.45) is 0 Å². The summed E-state index contributed by atoms with van der Waals surface area (Å²) in [4.78, 5) is 32.3. The second-order valence-corrected chi connectivity index (χ2v) is 11.0. The topological polar surface area (TPSA) is 53.1 Å². The molecular weight excluding hydrogens is 603 g/mol. The van der Waals surface area contributed by atoms with E-state index in [0.717, 1.165) is 9.78 Å². The molecule has 1 aromatic heterocycles. The van der Waals surface area contributed by atoms with Gasteiger partial charge in [0.2, 0.25) is 5.91 Å². The zero-order valence-corrected chi connectivity index (χ0v) is 23.6. The highest BCUT2D eigenvalue weighted by Gasteiger charge is 2.38. The number of halogens is 7. The number of carbonyl (C=O) groups excluding carboxylic acids is 2. The van der Waals surface area contributed by atoms with Crippen molar-refractivity contribution in [3.63, 3.8) is 0 Å². The van der Waals surface area contributed by atoms with Crippen molar-refractivity contribution < 1.29 is 45.1 Å². The summed E-state index contributed by atoms with van der Waals surface area (Å²) in [5.41, 5.74) is -3.49. The third-order valence-electron chi connectivity index (χ3n) is 6.80. The lowest BCUT2D eigenvalue weighted by Crippen LogP contribution is -2.47. The monoisotopic (exact) mass is 631 g/mol. The quantitative estimate of drug-likeness (QED) is 0.261. The third kappa shape index (κ3) is 9.25. The first-order valence-corrected chi connectivity index (χ1v) is 14.1. The van der Waals surface area contributed by atoms with Crippen molar-refractivity contribution in [3.05, 3.63) is 92.9 Å². The molecule has 2 amide bonds. The lowest BCUT2D eigenvalue weighted by Gasteiger charge is -2.31. The second kappa shape index (κ2) is 13.9. The molecule has 0 radical (unpaired) electrons. The molecule has 0 N–H and O–H groups in total. The summed E-state index contributed by atoms with van der Waals surface area (Å²) in [5.74, 6) is -2.20. The van der Waals surface area contributed by atoms with Crippen LogP contribution in [0.4, 0.5) is 30.7 Å². The van der Waals surface area contributed by atoms with Crippen LogP contribution in [0.25, 0.3) is 0 Å². The number of rotatable bonds is 10. The van der Waals surface area contributed by atoms with Crippen LogP contribution in [0.5, 0.6) is 0 Å². The zero-order chi connectivity index (χ0) is 31.2. The summed E-state index contributed by atoms with van der Waals surface area (Å²) in [6, 6.07) is 9.70. The predicted molar refractivity (Wildman–Crippen MR) is 145 cm³/mol. The van der Waals surface area contributed by atoms with Crippen LogP contribution >= 0.6 is 11.3 Å². The van der Waals surface area contributed by atoms with Crippen molar-refractivity contribution >= 4 is 23.2 Å². The fourth-order valence-electron chi connectivity index (χ4n) is 4.50.